The third-order valence-electron chi connectivity index (χ3n) is 4.13. The maximum atomic E-state index is 6.35. The Morgan fingerprint density at radius 2 is 2.00 bits per heavy atom. The molecule has 3 N–H and O–H groups in total. The Kier molecular flexibility index (Phi) is 4.32. The number of nitrogens with one attached hydrogen (secondary N) is 1. The van der Waals surface area contributed by atoms with Crippen molar-refractivity contribution >= 4 is 22.8 Å². The summed E-state index contributed by atoms with van der Waals surface area (Å²) in [6.45, 7) is 2.11. The van der Waals surface area contributed by atoms with E-state index in [1.165, 1.54) is 37.7 Å². The normalized spacial score (nSPS) is 24.5. The summed E-state index contributed by atoms with van der Waals surface area (Å²) < 4.78 is 0. The Hall–Kier alpha value is -1.00. The first-order valence-electron chi connectivity index (χ1n) is 7.61. The predicted molar refractivity (Wildman–Crippen MR) is 86.2 cm³/mol. The van der Waals surface area contributed by atoms with Gasteiger partial charge in [0.15, 0.2) is 5.16 Å². The lowest BCUT2D eigenvalue weighted by molar-refractivity contribution is 0.463. The van der Waals surface area contributed by atoms with Crippen molar-refractivity contribution in [3.05, 3.63) is 23.8 Å². The summed E-state index contributed by atoms with van der Waals surface area (Å²) in [6, 6.07) is 6.66. The quantitative estimate of drug-likeness (QED) is 0.878. The van der Waals surface area contributed by atoms with Crippen LogP contribution < -0.4 is 5.73 Å². The zero-order chi connectivity index (χ0) is 13.9. The highest BCUT2D eigenvalue weighted by Crippen LogP contribution is 2.31. The van der Waals surface area contributed by atoms with Crippen molar-refractivity contribution in [1.82, 2.24) is 9.97 Å². The fourth-order valence-electron chi connectivity index (χ4n) is 2.92. The van der Waals surface area contributed by atoms with E-state index in [-0.39, 0.29) is 0 Å². The van der Waals surface area contributed by atoms with E-state index >= 15 is 0 Å². The van der Waals surface area contributed by atoms with Crippen LogP contribution in [0.4, 0.5) is 0 Å². The molecule has 3 nitrogen and oxygen atoms in total. The van der Waals surface area contributed by atoms with E-state index in [4.69, 9.17) is 5.73 Å². The second-order valence-electron chi connectivity index (χ2n) is 5.87. The van der Waals surface area contributed by atoms with Crippen molar-refractivity contribution in [1.29, 1.82) is 0 Å². The Labute approximate surface area is 124 Å². The molecule has 1 fully saturated rings. The second-order valence-corrected chi connectivity index (χ2v) is 7.10. The average molecular weight is 289 g/mol. The number of H-pyrrole nitrogens is 1. The Morgan fingerprint density at radius 1 is 1.20 bits per heavy atom. The smallest absolute Gasteiger partial charge is 0.166 e. The van der Waals surface area contributed by atoms with Gasteiger partial charge in [-0.05, 0) is 37.5 Å². The molecule has 4 heteroatoms. The van der Waals surface area contributed by atoms with E-state index in [1.54, 1.807) is 0 Å². The lowest BCUT2D eigenvalue weighted by Crippen LogP contribution is -2.33. The van der Waals surface area contributed by atoms with Gasteiger partial charge in [0.05, 0.1) is 11.0 Å². The van der Waals surface area contributed by atoms with Gasteiger partial charge in [-0.15, -0.1) is 0 Å². The van der Waals surface area contributed by atoms with Gasteiger partial charge < -0.3 is 10.7 Å². The minimum Gasteiger partial charge on any atom is -0.333 e. The largest absolute Gasteiger partial charge is 0.333 e. The Balaban J connectivity index is 1.76. The van der Waals surface area contributed by atoms with Crippen LogP contribution in [0.25, 0.3) is 11.0 Å². The second kappa shape index (κ2) is 6.19. The molecule has 0 amide bonds. The number of thioether (sulfide) groups is 1. The van der Waals surface area contributed by atoms with Crippen LogP contribution in [-0.2, 0) is 0 Å². The van der Waals surface area contributed by atoms with Gasteiger partial charge in [0.25, 0.3) is 0 Å². The molecule has 1 aromatic carbocycles. The van der Waals surface area contributed by atoms with Gasteiger partial charge in [0.1, 0.15) is 0 Å². The molecule has 20 heavy (non-hydrogen) atoms. The van der Waals surface area contributed by atoms with Gasteiger partial charge in [-0.2, -0.15) is 0 Å². The molecule has 1 aliphatic rings. The number of rotatable bonds is 2. The summed E-state index contributed by atoms with van der Waals surface area (Å²) in [4.78, 5) is 8.12. The van der Waals surface area contributed by atoms with Crippen molar-refractivity contribution in [2.75, 3.05) is 0 Å². The minimum absolute atomic E-state index is 0.301. The Morgan fingerprint density at radius 3 is 2.85 bits per heavy atom. The SMILES string of the molecule is Cc1ccc2nc(SC3CCCCCCC3N)[nH]c2c1. The first-order valence-corrected chi connectivity index (χ1v) is 8.49. The van der Waals surface area contributed by atoms with E-state index in [9.17, 15) is 0 Å². The van der Waals surface area contributed by atoms with Crippen LogP contribution in [0, 0.1) is 6.92 Å². The van der Waals surface area contributed by atoms with Gasteiger partial charge in [-0.25, -0.2) is 4.98 Å². The van der Waals surface area contributed by atoms with E-state index in [1.807, 2.05) is 11.8 Å². The van der Waals surface area contributed by atoms with Crippen LogP contribution in [0.15, 0.2) is 23.4 Å². The summed E-state index contributed by atoms with van der Waals surface area (Å²) in [5, 5.41) is 1.52. The zero-order valence-electron chi connectivity index (χ0n) is 12.1. The summed E-state index contributed by atoms with van der Waals surface area (Å²) in [7, 11) is 0. The standard InChI is InChI=1S/C16H23N3S/c1-11-8-9-13-14(10-11)19-16(18-13)20-15-7-5-3-2-4-6-12(15)17/h8-10,12,15H,2-7,17H2,1H3,(H,18,19). The highest BCUT2D eigenvalue weighted by molar-refractivity contribution is 7.99. The van der Waals surface area contributed by atoms with Crippen molar-refractivity contribution in [2.45, 2.75) is 61.9 Å². The maximum absolute atomic E-state index is 6.35. The van der Waals surface area contributed by atoms with Crippen molar-refractivity contribution in [3.8, 4) is 0 Å². The van der Waals surface area contributed by atoms with Gasteiger partial charge in [0.2, 0.25) is 0 Å². The molecule has 1 aromatic heterocycles. The molecule has 2 unspecified atom stereocenters. The van der Waals surface area contributed by atoms with Gasteiger partial charge in [-0.1, -0.05) is 43.5 Å². The van der Waals surface area contributed by atoms with E-state index in [2.05, 4.69) is 35.1 Å². The van der Waals surface area contributed by atoms with Crippen LogP contribution in [0.3, 0.4) is 0 Å². The number of aryl methyl sites for hydroxylation is 1. The highest BCUT2D eigenvalue weighted by atomic mass is 32.2. The third kappa shape index (κ3) is 3.18. The molecule has 108 valence electrons. The van der Waals surface area contributed by atoms with Gasteiger partial charge in [-0.3, -0.25) is 0 Å². The monoisotopic (exact) mass is 289 g/mol. The molecule has 0 bridgehead atoms. The first kappa shape index (κ1) is 14.0. The van der Waals surface area contributed by atoms with Crippen molar-refractivity contribution in [3.63, 3.8) is 0 Å². The Bertz CT molecular complexity index is 578. The van der Waals surface area contributed by atoms with Crippen LogP contribution >= 0.6 is 11.8 Å². The van der Waals surface area contributed by atoms with Gasteiger partial charge in [0, 0.05) is 11.3 Å². The van der Waals surface area contributed by atoms with Crippen LogP contribution in [-0.4, -0.2) is 21.3 Å². The molecule has 2 aromatic rings. The summed E-state index contributed by atoms with van der Waals surface area (Å²) in [5.41, 5.74) is 9.80. The molecule has 1 heterocycles. The summed E-state index contributed by atoms with van der Waals surface area (Å²) in [5.74, 6) is 0. The molecule has 2 atom stereocenters. The van der Waals surface area contributed by atoms with Crippen LogP contribution in [0.1, 0.15) is 44.1 Å². The highest BCUT2D eigenvalue weighted by Gasteiger charge is 2.21. The number of benzene rings is 1. The fraction of sp³-hybridized carbons (Fsp3) is 0.562. The van der Waals surface area contributed by atoms with Crippen LogP contribution in [0.2, 0.25) is 0 Å². The average Bonchev–Trinajstić information content (AvgIpc) is 2.80. The maximum Gasteiger partial charge on any atom is 0.166 e. The number of imidazole rings is 1. The molecular weight excluding hydrogens is 266 g/mol. The molecule has 3 rings (SSSR count). The topological polar surface area (TPSA) is 54.7 Å². The summed E-state index contributed by atoms with van der Waals surface area (Å²) >= 11 is 1.84. The first-order chi connectivity index (χ1) is 9.72. The molecule has 1 saturated carbocycles. The molecule has 0 spiro atoms. The number of nitrogens with zero attached hydrogens (tertiary/aromatic N) is 1. The fourth-order valence-corrected chi connectivity index (χ4v) is 4.13. The lowest BCUT2D eigenvalue weighted by atomic mass is 9.97. The minimum atomic E-state index is 0.301. The number of hydrogen-bond donors (Lipinski definition) is 2. The number of aromatic nitrogens is 2. The van der Waals surface area contributed by atoms with E-state index in [0.29, 0.717) is 11.3 Å². The van der Waals surface area contributed by atoms with Crippen molar-refractivity contribution in [2.24, 2.45) is 5.73 Å². The van der Waals surface area contributed by atoms with Crippen LogP contribution in [0.5, 0.6) is 0 Å². The molecule has 0 radical (unpaired) electrons. The van der Waals surface area contributed by atoms with Crippen molar-refractivity contribution < 1.29 is 0 Å². The van der Waals surface area contributed by atoms with Gasteiger partial charge >= 0.3 is 0 Å². The molecule has 1 aliphatic carbocycles. The number of aromatic amines is 1. The lowest BCUT2D eigenvalue weighted by Gasteiger charge is -2.24. The number of hydrogen-bond acceptors (Lipinski definition) is 3. The number of nitrogens with two attached hydrogens (primary N) is 1. The predicted octanol–water partition coefficient (Wildman–Crippen LogP) is 4.01. The molecular formula is C16H23N3S. The molecule has 0 aliphatic heterocycles. The van der Waals surface area contributed by atoms with E-state index in [0.717, 1.165) is 22.6 Å². The summed E-state index contributed by atoms with van der Waals surface area (Å²) in [6.07, 6.45) is 7.62. The molecule has 0 saturated heterocycles. The number of fused-ring (bicyclic) bond motifs is 1. The van der Waals surface area contributed by atoms with E-state index < -0.39 is 0 Å². The third-order valence-corrected chi connectivity index (χ3v) is 5.44. The zero-order valence-corrected chi connectivity index (χ0v) is 12.9.